The molecule has 2 heterocycles. The van der Waals surface area contributed by atoms with Crippen LogP contribution < -0.4 is 14.8 Å². The normalized spacial score (nSPS) is 16.2. The molecular formula is C24H26N4O4. The predicted octanol–water partition coefficient (Wildman–Crippen LogP) is 4.66. The van der Waals surface area contributed by atoms with Gasteiger partial charge in [-0.15, -0.1) is 0 Å². The van der Waals surface area contributed by atoms with Crippen LogP contribution in [-0.2, 0) is 0 Å². The molecule has 1 aliphatic rings. The van der Waals surface area contributed by atoms with Crippen molar-refractivity contribution in [2.24, 2.45) is 0 Å². The van der Waals surface area contributed by atoms with Gasteiger partial charge in [0.15, 0.2) is 0 Å². The van der Waals surface area contributed by atoms with Crippen molar-refractivity contribution >= 4 is 11.6 Å². The molecule has 1 aliphatic heterocycles. The molecule has 0 spiro atoms. The lowest BCUT2D eigenvalue weighted by Crippen LogP contribution is -2.46. The fourth-order valence-electron chi connectivity index (χ4n) is 3.81. The van der Waals surface area contributed by atoms with Gasteiger partial charge in [-0.2, -0.15) is 4.98 Å². The summed E-state index contributed by atoms with van der Waals surface area (Å²) in [6.45, 7) is 4.53. The Kier molecular flexibility index (Phi) is 6.11. The number of aromatic nitrogens is 2. The van der Waals surface area contributed by atoms with Gasteiger partial charge in [0.2, 0.25) is 5.82 Å². The summed E-state index contributed by atoms with van der Waals surface area (Å²) in [5, 5.41) is 7.28. The van der Waals surface area contributed by atoms with E-state index in [4.69, 9.17) is 14.0 Å². The summed E-state index contributed by atoms with van der Waals surface area (Å²) in [4.78, 5) is 19.2. The van der Waals surface area contributed by atoms with Crippen LogP contribution in [0.3, 0.4) is 0 Å². The number of hydrogen-bond acceptors (Lipinski definition) is 6. The minimum absolute atomic E-state index is 0.151. The van der Waals surface area contributed by atoms with Gasteiger partial charge in [0.1, 0.15) is 11.5 Å². The van der Waals surface area contributed by atoms with E-state index >= 15 is 0 Å². The van der Waals surface area contributed by atoms with Crippen LogP contribution in [0.4, 0.5) is 4.79 Å². The lowest BCUT2D eigenvalue weighted by atomic mass is 9.94. The second kappa shape index (κ2) is 9.13. The van der Waals surface area contributed by atoms with Gasteiger partial charge in [-0.1, -0.05) is 36.3 Å². The molecule has 1 aromatic heterocycles. The summed E-state index contributed by atoms with van der Waals surface area (Å²) in [6.07, 6.45) is 0.824. The standard InChI is InChI=1S/C24H26N4O4/c1-5-13-28-15(2)20(21(25-24(28)29)16-9-11-18(30-3)12-10-16)23-26-22(27-32-23)17-7-6-8-19(14-17)31-4/h6-12,14,21H,5,13H2,1-4H3,(H,25,29). The number of nitrogens with one attached hydrogen (secondary N) is 1. The number of benzene rings is 2. The Morgan fingerprint density at radius 2 is 1.84 bits per heavy atom. The lowest BCUT2D eigenvalue weighted by Gasteiger charge is -2.35. The van der Waals surface area contributed by atoms with E-state index in [0.29, 0.717) is 24.0 Å². The highest BCUT2D eigenvalue weighted by atomic mass is 16.5. The Morgan fingerprint density at radius 3 is 2.53 bits per heavy atom. The SMILES string of the molecule is CCCN1C(=O)NC(c2ccc(OC)cc2)C(c2nc(-c3cccc(OC)c3)no2)=C1C. The van der Waals surface area contributed by atoms with Crippen LogP contribution in [0.1, 0.15) is 37.8 Å². The van der Waals surface area contributed by atoms with Crippen molar-refractivity contribution in [1.29, 1.82) is 0 Å². The van der Waals surface area contributed by atoms with Crippen molar-refractivity contribution in [2.75, 3.05) is 20.8 Å². The Labute approximate surface area is 186 Å². The third kappa shape index (κ3) is 4.03. The van der Waals surface area contributed by atoms with Gasteiger partial charge in [0.25, 0.3) is 5.89 Å². The van der Waals surface area contributed by atoms with E-state index in [-0.39, 0.29) is 6.03 Å². The zero-order valence-corrected chi connectivity index (χ0v) is 18.6. The van der Waals surface area contributed by atoms with Crippen LogP contribution in [0.15, 0.2) is 58.8 Å². The first kappa shape index (κ1) is 21.4. The Hall–Kier alpha value is -3.81. The molecule has 3 aromatic rings. The largest absolute Gasteiger partial charge is 0.497 e. The molecule has 0 fully saturated rings. The quantitative estimate of drug-likeness (QED) is 0.582. The Bertz CT molecular complexity index is 1140. The molecule has 2 aromatic carbocycles. The minimum Gasteiger partial charge on any atom is -0.497 e. The van der Waals surface area contributed by atoms with Gasteiger partial charge in [-0.05, 0) is 43.2 Å². The lowest BCUT2D eigenvalue weighted by molar-refractivity contribution is 0.205. The number of carbonyl (C=O) groups is 1. The molecule has 0 saturated heterocycles. The first-order valence-electron chi connectivity index (χ1n) is 10.5. The summed E-state index contributed by atoms with van der Waals surface area (Å²) < 4.78 is 16.3. The van der Waals surface area contributed by atoms with Gasteiger partial charge in [0, 0.05) is 17.8 Å². The number of amides is 2. The predicted molar refractivity (Wildman–Crippen MR) is 120 cm³/mol. The third-order valence-electron chi connectivity index (χ3n) is 5.48. The van der Waals surface area contributed by atoms with E-state index < -0.39 is 6.04 Å². The molecule has 0 saturated carbocycles. The highest BCUT2D eigenvalue weighted by molar-refractivity contribution is 5.86. The number of allylic oxidation sites excluding steroid dienone is 1. The minimum atomic E-state index is -0.430. The van der Waals surface area contributed by atoms with E-state index in [1.54, 1.807) is 19.1 Å². The molecule has 1 unspecified atom stereocenters. The van der Waals surface area contributed by atoms with Gasteiger partial charge >= 0.3 is 6.03 Å². The molecule has 8 heteroatoms. The van der Waals surface area contributed by atoms with Crippen LogP contribution >= 0.6 is 0 Å². The van der Waals surface area contributed by atoms with Crippen molar-refractivity contribution in [3.63, 3.8) is 0 Å². The first-order valence-corrected chi connectivity index (χ1v) is 10.5. The number of hydrogen-bond donors (Lipinski definition) is 1. The van der Waals surface area contributed by atoms with E-state index in [1.165, 1.54) is 0 Å². The molecule has 4 rings (SSSR count). The van der Waals surface area contributed by atoms with Crippen LogP contribution in [0, 0.1) is 0 Å². The average molecular weight is 434 g/mol. The molecule has 166 valence electrons. The topological polar surface area (TPSA) is 89.7 Å². The van der Waals surface area contributed by atoms with E-state index in [2.05, 4.69) is 15.5 Å². The Morgan fingerprint density at radius 1 is 1.09 bits per heavy atom. The monoisotopic (exact) mass is 434 g/mol. The molecule has 8 nitrogen and oxygen atoms in total. The van der Waals surface area contributed by atoms with Crippen molar-refractivity contribution < 1.29 is 18.8 Å². The van der Waals surface area contributed by atoms with Crippen LogP contribution in [0.2, 0.25) is 0 Å². The second-order valence-electron chi connectivity index (χ2n) is 7.46. The molecule has 0 aliphatic carbocycles. The van der Waals surface area contributed by atoms with Gasteiger partial charge in [-0.25, -0.2) is 4.79 Å². The van der Waals surface area contributed by atoms with Crippen LogP contribution in [0.5, 0.6) is 11.5 Å². The molecule has 1 atom stereocenters. The summed E-state index contributed by atoms with van der Waals surface area (Å²) in [5.74, 6) is 2.26. The van der Waals surface area contributed by atoms with E-state index in [0.717, 1.165) is 34.6 Å². The Balaban J connectivity index is 1.79. The van der Waals surface area contributed by atoms with Gasteiger partial charge < -0.3 is 19.3 Å². The smallest absolute Gasteiger partial charge is 0.322 e. The van der Waals surface area contributed by atoms with Crippen molar-refractivity contribution in [2.45, 2.75) is 26.3 Å². The fraction of sp³-hybridized carbons (Fsp3) is 0.292. The molecule has 0 radical (unpaired) electrons. The van der Waals surface area contributed by atoms with Crippen LogP contribution in [-0.4, -0.2) is 41.8 Å². The van der Waals surface area contributed by atoms with Gasteiger partial charge in [-0.3, -0.25) is 4.90 Å². The summed E-state index contributed by atoms with van der Waals surface area (Å²) in [5.41, 5.74) is 3.23. The zero-order chi connectivity index (χ0) is 22.7. The first-order chi connectivity index (χ1) is 15.5. The summed E-state index contributed by atoms with van der Waals surface area (Å²) >= 11 is 0. The number of methoxy groups -OCH3 is 2. The highest BCUT2D eigenvalue weighted by Crippen LogP contribution is 2.38. The fourth-order valence-corrected chi connectivity index (χ4v) is 3.81. The third-order valence-corrected chi connectivity index (χ3v) is 5.48. The number of rotatable bonds is 7. The molecular weight excluding hydrogens is 408 g/mol. The summed E-state index contributed by atoms with van der Waals surface area (Å²) in [7, 11) is 3.23. The van der Waals surface area contributed by atoms with Gasteiger partial charge in [0.05, 0.1) is 25.8 Å². The average Bonchev–Trinajstić information content (AvgIpc) is 3.31. The van der Waals surface area contributed by atoms with Crippen molar-refractivity contribution in [1.82, 2.24) is 20.4 Å². The second-order valence-corrected chi connectivity index (χ2v) is 7.46. The maximum Gasteiger partial charge on any atom is 0.322 e. The number of nitrogens with zero attached hydrogens (tertiary/aromatic N) is 3. The number of urea groups is 1. The molecule has 2 amide bonds. The zero-order valence-electron chi connectivity index (χ0n) is 18.6. The van der Waals surface area contributed by atoms with E-state index in [9.17, 15) is 4.79 Å². The highest BCUT2D eigenvalue weighted by Gasteiger charge is 2.35. The number of ether oxygens (including phenoxy) is 2. The maximum absolute atomic E-state index is 12.9. The van der Waals surface area contributed by atoms with Crippen molar-refractivity contribution in [3.05, 3.63) is 65.7 Å². The van der Waals surface area contributed by atoms with E-state index in [1.807, 2.05) is 62.4 Å². The van der Waals surface area contributed by atoms with Crippen molar-refractivity contribution in [3.8, 4) is 22.9 Å². The molecule has 32 heavy (non-hydrogen) atoms. The molecule has 0 bridgehead atoms. The maximum atomic E-state index is 12.9. The number of carbonyl (C=O) groups excluding carboxylic acids is 1. The summed E-state index contributed by atoms with van der Waals surface area (Å²) in [6, 6.07) is 14.5. The van der Waals surface area contributed by atoms with Crippen LogP contribution in [0.25, 0.3) is 17.0 Å². The molecule has 1 N–H and O–H groups in total.